The van der Waals surface area contributed by atoms with Crippen molar-refractivity contribution in [1.29, 1.82) is 0 Å². The highest BCUT2D eigenvalue weighted by molar-refractivity contribution is 6.07. The molecule has 1 heterocycles. The van der Waals surface area contributed by atoms with Crippen molar-refractivity contribution in [2.45, 2.75) is 0 Å². The minimum atomic E-state index is -0.601. The van der Waals surface area contributed by atoms with E-state index in [2.05, 4.69) is 4.98 Å². The van der Waals surface area contributed by atoms with Gasteiger partial charge < -0.3 is 4.74 Å². The van der Waals surface area contributed by atoms with E-state index in [9.17, 15) is 9.18 Å². The van der Waals surface area contributed by atoms with Crippen LogP contribution < -0.4 is 4.74 Å². The Hall–Kier alpha value is -3.01. The highest BCUT2D eigenvalue weighted by atomic mass is 19.1. The summed E-state index contributed by atoms with van der Waals surface area (Å²) >= 11 is 0. The largest absolute Gasteiger partial charge is 0.497 e. The summed E-state index contributed by atoms with van der Waals surface area (Å²) in [4.78, 5) is 16.4. The van der Waals surface area contributed by atoms with Crippen molar-refractivity contribution < 1.29 is 13.9 Å². The van der Waals surface area contributed by atoms with E-state index in [0.717, 1.165) is 16.5 Å². The van der Waals surface area contributed by atoms with Gasteiger partial charge in [-0.2, -0.15) is 0 Å². The standard InChI is InChI=1S/C19H14FNO2/c1-23-15-7-8-16(17(20)11-15)19(22)9-6-13-10-14-4-2-3-5-18(14)21-12-13/h2-12H,1H3/b9-6+. The summed E-state index contributed by atoms with van der Waals surface area (Å²) in [6.07, 6.45) is 4.65. The molecule has 0 saturated heterocycles. The van der Waals surface area contributed by atoms with Crippen LogP contribution in [0.1, 0.15) is 15.9 Å². The van der Waals surface area contributed by atoms with Gasteiger partial charge >= 0.3 is 0 Å². The van der Waals surface area contributed by atoms with Crippen LogP contribution in [0.3, 0.4) is 0 Å². The van der Waals surface area contributed by atoms with Crippen molar-refractivity contribution in [1.82, 2.24) is 4.98 Å². The average molecular weight is 307 g/mol. The Labute approximate surface area is 133 Å². The molecule has 0 N–H and O–H groups in total. The number of hydrogen-bond donors (Lipinski definition) is 0. The fraction of sp³-hybridized carbons (Fsp3) is 0.0526. The number of nitrogens with zero attached hydrogens (tertiary/aromatic N) is 1. The first kappa shape index (κ1) is 14.9. The summed E-state index contributed by atoms with van der Waals surface area (Å²) in [6, 6.07) is 13.8. The summed E-state index contributed by atoms with van der Waals surface area (Å²) in [7, 11) is 1.45. The maximum absolute atomic E-state index is 13.9. The number of pyridine rings is 1. The van der Waals surface area contributed by atoms with E-state index in [4.69, 9.17) is 4.74 Å². The second kappa shape index (κ2) is 6.40. The number of carbonyl (C=O) groups excluding carboxylic acids is 1. The summed E-state index contributed by atoms with van der Waals surface area (Å²) < 4.78 is 18.8. The maximum atomic E-state index is 13.9. The monoisotopic (exact) mass is 307 g/mol. The molecule has 0 saturated carbocycles. The lowest BCUT2D eigenvalue weighted by Gasteiger charge is -2.02. The second-order valence-electron chi connectivity index (χ2n) is 5.00. The van der Waals surface area contributed by atoms with Gasteiger partial charge in [0.05, 0.1) is 18.2 Å². The van der Waals surface area contributed by atoms with Gasteiger partial charge in [0.25, 0.3) is 0 Å². The van der Waals surface area contributed by atoms with Crippen LogP contribution in [-0.4, -0.2) is 17.9 Å². The van der Waals surface area contributed by atoms with Crippen molar-refractivity contribution in [3.8, 4) is 5.75 Å². The zero-order valence-electron chi connectivity index (χ0n) is 12.5. The smallest absolute Gasteiger partial charge is 0.188 e. The van der Waals surface area contributed by atoms with E-state index in [-0.39, 0.29) is 5.56 Å². The molecule has 1 aromatic heterocycles. The van der Waals surface area contributed by atoms with Crippen LogP contribution in [0.25, 0.3) is 17.0 Å². The molecular weight excluding hydrogens is 293 g/mol. The SMILES string of the molecule is COc1ccc(C(=O)/C=C/c2cnc3ccccc3c2)c(F)c1. The van der Waals surface area contributed by atoms with Gasteiger partial charge in [-0.3, -0.25) is 9.78 Å². The Kier molecular flexibility index (Phi) is 4.15. The molecule has 0 radical (unpaired) electrons. The van der Waals surface area contributed by atoms with Crippen molar-refractivity contribution in [2.75, 3.05) is 7.11 Å². The molecule has 4 heteroatoms. The van der Waals surface area contributed by atoms with E-state index in [1.165, 1.54) is 25.3 Å². The Morgan fingerprint density at radius 3 is 2.78 bits per heavy atom. The molecule has 0 bridgehead atoms. The van der Waals surface area contributed by atoms with E-state index >= 15 is 0 Å². The van der Waals surface area contributed by atoms with E-state index in [0.29, 0.717) is 5.75 Å². The Bertz CT molecular complexity index is 903. The first-order valence-electron chi connectivity index (χ1n) is 7.08. The number of aromatic nitrogens is 1. The number of rotatable bonds is 4. The summed E-state index contributed by atoms with van der Waals surface area (Å²) in [6.45, 7) is 0. The highest BCUT2D eigenvalue weighted by Gasteiger charge is 2.09. The van der Waals surface area contributed by atoms with Gasteiger partial charge in [-0.25, -0.2) is 4.39 Å². The predicted molar refractivity (Wildman–Crippen MR) is 88.1 cm³/mol. The summed E-state index contributed by atoms with van der Waals surface area (Å²) in [5, 5.41) is 0.984. The number of allylic oxidation sites excluding steroid dienone is 1. The number of ether oxygens (including phenoxy) is 1. The van der Waals surface area contributed by atoms with Gasteiger partial charge in [-0.1, -0.05) is 18.2 Å². The summed E-state index contributed by atoms with van der Waals surface area (Å²) in [5.41, 5.74) is 1.68. The third-order valence-electron chi connectivity index (χ3n) is 3.48. The molecule has 114 valence electrons. The zero-order chi connectivity index (χ0) is 16.2. The molecule has 0 aliphatic rings. The molecule has 23 heavy (non-hydrogen) atoms. The van der Waals surface area contributed by atoms with Crippen LogP contribution in [-0.2, 0) is 0 Å². The topological polar surface area (TPSA) is 39.2 Å². The quantitative estimate of drug-likeness (QED) is 0.533. The fourth-order valence-corrected chi connectivity index (χ4v) is 2.26. The Balaban J connectivity index is 1.84. The number of fused-ring (bicyclic) bond motifs is 1. The lowest BCUT2D eigenvalue weighted by Crippen LogP contribution is -1.99. The number of carbonyl (C=O) groups is 1. The number of para-hydroxylation sites is 1. The number of hydrogen-bond acceptors (Lipinski definition) is 3. The van der Waals surface area contributed by atoms with Gasteiger partial charge in [-0.05, 0) is 42.0 Å². The minimum Gasteiger partial charge on any atom is -0.497 e. The Morgan fingerprint density at radius 2 is 2.00 bits per heavy atom. The molecule has 0 atom stereocenters. The predicted octanol–water partition coefficient (Wildman–Crippen LogP) is 4.28. The van der Waals surface area contributed by atoms with Crippen LogP contribution in [0.5, 0.6) is 5.75 Å². The van der Waals surface area contributed by atoms with Gasteiger partial charge in [-0.15, -0.1) is 0 Å². The highest BCUT2D eigenvalue weighted by Crippen LogP contribution is 2.18. The second-order valence-corrected chi connectivity index (χ2v) is 5.00. The van der Waals surface area contributed by atoms with E-state index in [1.54, 1.807) is 18.3 Å². The maximum Gasteiger partial charge on any atom is 0.188 e. The van der Waals surface area contributed by atoms with E-state index in [1.807, 2.05) is 30.3 Å². The van der Waals surface area contributed by atoms with Gasteiger partial charge in [0.1, 0.15) is 11.6 Å². The van der Waals surface area contributed by atoms with Crippen LogP contribution in [0.15, 0.2) is 60.8 Å². The normalized spacial score (nSPS) is 11.0. The van der Waals surface area contributed by atoms with Gasteiger partial charge in [0, 0.05) is 17.6 Å². The number of methoxy groups -OCH3 is 1. The van der Waals surface area contributed by atoms with Crippen LogP contribution >= 0.6 is 0 Å². The van der Waals surface area contributed by atoms with Crippen molar-refractivity contribution in [3.05, 3.63) is 77.7 Å². The van der Waals surface area contributed by atoms with Gasteiger partial charge in [0.15, 0.2) is 5.78 Å². The molecule has 3 nitrogen and oxygen atoms in total. The third-order valence-corrected chi connectivity index (χ3v) is 3.48. The van der Waals surface area contributed by atoms with E-state index < -0.39 is 11.6 Å². The molecular formula is C19H14FNO2. The molecule has 0 aliphatic heterocycles. The van der Waals surface area contributed by atoms with Crippen LogP contribution in [0.2, 0.25) is 0 Å². The molecule has 2 aromatic carbocycles. The lowest BCUT2D eigenvalue weighted by molar-refractivity contribution is 0.104. The fourth-order valence-electron chi connectivity index (χ4n) is 2.26. The molecule has 0 amide bonds. The van der Waals surface area contributed by atoms with Crippen molar-refractivity contribution >= 4 is 22.8 Å². The van der Waals surface area contributed by atoms with Crippen LogP contribution in [0, 0.1) is 5.82 Å². The molecule has 0 spiro atoms. The first-order valence-corrected chi connectivity index (χ1v) is 7.08. The summed E-state index contributed by atoms with van der Waals surface area (Å²) in [5.74, 6) is -0.629. The third kappa shape index (κ3) is 3.26. The van der Waals surface area contributed by atoms with Gasteiger partial charge in [0.2, 0.25) is 0 Å². The first-order chi connectivity index (χ1) is 11.2. The average Bonchev–Trinajstić information content (AvgIpc) is 2.59. The molecule has 0 fully saturated rings. The lowest BCUT2D eigenvalue weighted by atomic mass is 10.1. The number of ketones is 1. The van der Waals surface area contributed by atoms with Crippen molar-refractivity contribution in [2.24, 2.45) is 0 Å². The minimum absolute atomic E-state index is 0.01000. The number of benzene rings is 2. The van der Waals surface area contributed by atoms with Crippen molar-refractivity contribution in [3.63, 3.8) is 0 Å². The van der Waals surface area contributed by atoms with Crippen LogP contribution in [0.4, 0.5) is 4.39 Å². The number of halogens is 1. The molecule has 0 unspecified atom stereocenters. The molecule has 3 rings (SSSR count). The zero-order valence-corrected chi connectivity index (χ0v) is 12.5. The Morgan fingerprint density at radius 1 is 1.17 bits per heavy atom. The molecule has 3 aromatic rings. The molecule has 0 aliphatic carbocycles.